The summed E-state index contributed by atoms with van der Waals surface area (Å²) in [5.74, 6) is -2.51. The smallest absolute Gasteiger partial charge is 0.368 e. The third-order valence-corrected chi connectivity index (χ3v) is 6.29. The average Bonchev–Trinajstić information content (AvgIpc) is 3.17. The van der Waals surface area contributed by atoms with Crippen molar-refractivity contribution in [2.45, 2.75) is 32.4 Å². The van der Waals surface area contributed by atoms with Crippen molar-refractivity contribution in [3.8, 4) is 0 Å². The van der Waals surface area contributed by atoms with Crippen molar-refractivity contribution in [3.63, 3.8) is 0 Å². The summed E-state index contributed by atoms with van der Waals surface area (Å²) in [4.78, 5) is 40.8. The molecule has 0 saturated carbocycles. The fourth-order valence-electron chi connectivity index (χ4n) is 4.72. The zero-order chi connectivity index (χ0) is 20.9. The molecule has 150 valence electrons. The van der Waals surface area contributed by atoms with Gasteiger partial charge in [-0.1, -0.05) is 47.5 Å². The summed E-state index contributed by atoms with van der Waals surface area (Å²) in [5, 5.41) is 1.83. The number of aryl methyl sites for hydroxylation is 2. The van der Waals surface area contributed by atoms with Gasteiger partial charge in [0.05, 0.1) is 12.8 Å². The van der Waals surface area contributed by atoms with Crippen LogP contribution in [0.2, 0.25) is 0 Å². The number of imide groups is 1. The number of hydrogen-bond donors (Lipinski definition) is 1. The lowest BCUT2D eigenvalue weighted by Gasteiger charge is -2.25. The zero-order valence-electron chi connectivity index (χ0n) is 17.0. The van der Waals surface area contributed by atoms with Gasteiger partial charge in [0, 0.05) is 12.5 Å². The number of rotatable bonds is 3. The molecule has 0 unspecified atom stereocenters. The second kappa shape index (κ2) is 6.81. The molecule has 0 radical (unpaired) electrons. The zero-order valence-corrected chi connectivity index (χ0v) is 17.0. The number of quaternary nitrogens is 1. The number of carbonyl (C=O) groups is 3. The standard InChI is InChI=1S/C23H24N2O4/c1-13-5-9-15(10-6-13)19-17-18(23(3,24-19)22(28)29-4)21(27)25(20(17)26)16-11-7-14(2)8-12-16/h5-12,17-19,24H,1-4H3/p+1/t17-,18-,19+,23-/m0/s1. The van der Waals surface area contributed by atoms with Crippen LogP contribution in [0.15, 0.2) is 48.5 Å². The van der Waals surface area contributed by atoms with Crippen molar-refractivity contribution < 1.29 is 24.4 Å². The van der Waals surface area contributed by atoms with Gasteiger partial charge >= 0.3 is 5.97 Å². The third kappa shape index (κ3) is 2.86. The summed E-state index contributed by atoms with van der Waals surface area (Å²) in [6.07, 6.45) is 0. The van der Waals surface area contributed by atoms with Gasteiger partial charge in [0.1, 0.15) is 17.9 Å². The summed E-state index contributed by atoms with van der Waals surface area (Å²) < 4.78 is 5.04. The van der Waals surface area contributed by atoms with E-state index in [4.69, 9.17) is 4.74 Å². The Hall–Kier alpha value is -2.99. The Morgan fingerprint density at radius 1 is 0.966 bits per heavy atom. The Bertz CT molecular complexity index is 983. The van der Waals surface area contributed by atoms with Crippen molar-refractivity contribution in [2.75, 3.05) is 12.0 Å². The molecule has 2 fully saturated rings. The van der Waals surface area contributed by atoms with E-state index in [1.165, 1.54) is 12.0 Å². The van der Waals surface area contributed by atoms with Gasteiger partial charge in [-0.2, -0.15) is 0 Å². The van der Waals surface area contributed by atoms with E-state index in [0.29, 0.717) is 5.69 Å². The van der Waals surface area contributed by atoms with Crippen LogP contribution in [0.3, 0.4) is 0 Å². The highest BCUT2D eigenvalue weighted by atomic mass is 16.5. The molecule has 2 heterocycles. The number of anilines is 1. The quantitative estimate of drug-likeness (QED) is 0.635. The van der Waals surface area contributed by atoms with Gasteiger partial charge in [-0.25, -0.2) is 9.69 Å². The average molecular weight is 393 g/mol. The first-order valence-corrected chi connectivity index (χ1v) is 9.73. The molecule has 6 heteroatoms. The molecule has 4 rings (SSSR count). The van der Waals surface area contributed by atoms with Crippen molar-refractivity contribution in [3.05, 3.63) is 65.2 Å². The largest absolute Gasteiger partial charge is 0.464 e. The van der Waals surface area contributed by atoms with Gasteiger partial charge in [0.25, 0.3) is 0 Å². The second-order valence-electron chi connectivity index (χ2n) is 8.23. The van der Waals surface area contributed by atoms with E-state index in [2.05, 4.69) is 0 Å². The summed E-state index contributed by atoms with van der Waals surface area (Å²) in [6.45, 7) is 5.64. The molecule has 0 aliphatic carbocycles. The molecule has 29 heavy (non-hydrogen) atoms. The van der Waals surface area contributed by atoms with Crippen LogP contribution < -0.4 is 10.2 Å². The van der Waals surface area contributed by atoms with E-state index in [0.717, 1.165) is 16.7 Å². The maximum Gasteiger partial charge on any atom is 0.368 e. The number of ether oxygens (including phenoxy) is 1. The van der Waals surface area contributed by atoms with Crippen LogP contribution >= 0.6 is 0 Å². The van der Waals surface area contributed by atoms with Crippen molar-refractivity contribution in [1.29, 1.82) is 0 Å². The van der Waals surface area contributed by atoms with Crippen LogP contribution in [0.4, 0.5) is 5.69 Å². The maximum absolute atomic E-state index is 13.5. The van der Waals surface area contributed by atoms with Gasteiger partial charge in [-0.15, -0.1) is 0 Å². The fraction of sp³-hybridized carbons (Fsp3) is 0.348. The monoisotopic (exact) mass is 393 g/mol. The first kappa shape index (κ1) is 19.3. The number of benzene rings is 2. The van der Waals surface area contributed by atoms with E-state index < -0.39 is 23.3 Å². The normalized spacial score (nSPS) is 28.6. The van der Waals surface area contributed by atoms with Crippen LogP contribution in [0.1, 0.15) is 29.7 Å². The van der Waals surface area contributed by atoms with Crippen LogP contribution in [-0.4, -0.2) is 30.4 Å². The number of fused-ring (bicyclic) bond motifs is 1. The minimum Gasteiger partial charge on any atom is -0.464 e. The van der Waals surface area contributed by atoms with Gasteiger partial charge < -0.3 is 10.1 Å². The van der Waals surface area contributed by atoms with Gasteiger partial charge in [0.2, 0.25) is 17.4 Å². The van der Waals surface area contributed by atoms with Gasteiger partial charge in [-0.05, 0) is 26.0 Å². The lowest BCUT2D eigenvalue weighted by molar-refractivity contribution is -0.730. The first-order valence-electron chi connectivity index (χ1n) is 9.73. The van der Waals surface area contributed by atoms with E-state index in [1.54, 1.807) is 19.1 Å². The molecular formula is C23H25N2O4+. The Labute approximate surface area is 169 Å². The highest BCUT2D eigenvalue weighted by Crippen LogP contribution is 2.45. The predicted molar refractivity (Wildman–Crippen MR) is 107 cm³/mol. The molecule has 2 aliphatic rings. The van der Waals surface area contributed by atoms with Crippen molar-refractivity contribution in [1.82, 2.24) is 0 Å². The van der Waals surface area contributed by atoms with E-state index in [1.807, 2.05) is 55.6 Å². The molecule has 2 amide bonds. The Balaban J connectivity index is 1.81. The van der Waals surface area contributed by atoms with Crippen LogP contribution in [-0.2, 0) is 19.1 Å². The van der Waals surface area contributed by atoms with E-state index in [9.17, 15) is 14.4 Å². The number of esters is 1. The Morgan fingerprint density at radius 3 is 2.07 bits per heavy atom. The molecule has 0 spiro atoms. The highest BCUT2D eigenvalue weighted by Gasteiger charge is 2.70. The number of nitrogens with two attached hydrogens (primary N) is 1. The lowest BCUT2D eigenvalue weighted by atomic mass is 9.80. The lowest BCUT2D eigenvalue weighted by Crippen LogP contribution is -2.97. The fourth-order valence-corrected chi connectivity index (χ4v) is 4.72. The molecule has 0 aromatic heterocycles. The van der Waals surface area contributed by atoms with Crippen molar-refractivity contribution in [2.24, 2.45) is 11.8 Å². The van der Waals surface area contributed by atoms with E-state index >= 15 is 0 Å². The number of amides is 2. The topological polar surface area (TPSA) is 80.3 Å². The number of carbonyl (C=O) groups excluding carboxylic acids is 3. The molecule has 2 aromatic rings. The number of nitrogens with zero attached hydrogens (tertiary/aromatic N) is 1. The SMILES string of the molecule is COC(=O)[C@@]1(C)[NH2+][C@H](c2ccc(C)cc2)[C@H]2C(=O)N(c3ccc(C)cc3)C(=O)[C@H]21. The molecule has 2 aromatic carbocycles. The molecule has 0 bridgehead atoms. The second-order valence-corrected chi connectivity index (χ2v) is 8.23. The molecule has 2 aliphatic heterocycles. The molecule has 4 atom stereocenters. The predicted octanol–water partition coefficient (Wildman–Crippen LogP) is 1.66. The van der Waals surface area contributed by atoms with Gasteiger partial charge in [-0.3, -0.25) is 9.59 Å². The molecule has 6 nitrogen and oxygen atoms in total. The third-order valence-electron chi connectivity index (χ3n) is 6.29. The Kier molecular flexibility index (Phi) is 4.54. The Morgan fingerprint density at radius 2 is 1.52 bits per heavy atom. The minimum atomic E-state index is -1.17. The summed E-state index contributed by atoms with van der Waals surface area (Å²) in [6, 6.07) is 14.8. The minimum absolute atomic E-state index is 0.265. The molecule has 2 saturated heterocycles. The summed E-state index contributed by atoms with van der Waals surface area (Å²) in [7, 11) is 1.31. The summed E-state index contributed by atoms with van der Waals surface area (Å²) >= 11 is 0. The molecular weight excluding hydrogens is 368 g/mol. The highest BCUT2D eigenvalue weighted by molar-refractivity contribution is 6.23. The number of hydrogen-bond acceptors (Lipinski definition) is 4. The van der Waals surface area contributed by atoms with Crippen LogP contribution in [0.25, 0.3) is 0 Å². The van der Waals surface area contributed by atoms with Crippen LogP contribution in [0, 0.1) is 25.7 Å². The summed E-state index contributed by atoms with van der Waals surface area (Å²) in [5.41, 5.74) is 2.44. The van der Waals surface area contributed by atoms with Crippen molar-refractivity contribution >= 4 is 23.5 Å². The van der Waals surface area contributed by atoms with Crippen LogP contribution in [0.5, 0.6) is 0 Å². The van der Waals surface area contributed by atoms with Gasteiger partial charge in [0.15, 0.2) is 0 Å². The maximum atomic E-state index is 13.5. The molecule has 2 N–H and O–H groups in total. The number of methoxy groups -OCH3 is 1. The van der Waals surface area contributed by atoms with E-state index in [-0.39, 0.29) is 17.9 Å². The first-order chi connectivity index (χ1) is 13.8.